The van der Waals surface area contributed by atoms with Crippen molar-refractivity contribution in [1.82, 2.24) is 9.80 Å². The molecule has 0 bridgehead atoms. The normalized spacial score (nSPS) is 25.0. The van der Waals surface area contributed by atoms with Crippen molar-refractivity contribution in [1.29, 1.82) is 0 Å². The molecule has 0 saturated carbocycles. The number of amidine groups is 1. The van der Waals surface area contributed by atoms with E-state index in [9.17, 15) is 14.7 Å². The fraction of sp³-hybridized carbons (Fsp3) is 0.615. The van der Waals surface area contributed by atoms with E-state index < -0.39 is 5.97 Å². The number of carboxylic acids is 1. The van der Waals surface area contributed by atoms with Gasteiger partial charge in [-0.25, -0.2) is 4.79 Å². The van der Waals surface area contributed by atoms with E-state index in [2.05, 4.69) is 4.99 Å². The maximum atomic E-state index is 12.0. The zero-order valence-corrected chi connectivity index (χ0v) is 14.1. The van der Waals surface area contributed by atoms with Crippen LogP contribution >= 0.6 is 23.5 Å². The fourth-order valence-corrected chi connectivity index (χ4v) is 5.37. The molecule has 0 aliphatic carbocycles. The number of amides is 1. The monoisotopic (exact) mass is 329 g/mol. The lowest BCUT2D eigenvalue weighted by Gasteiger charge is -2.41. The van der Waals surface area contributed by atoms with Crippen molar-refractivity contribution in [2.45, 2.75) is 18.7 Å². The number of β-lactam (4-membered cyclic amide) rings is 1. The highest BCUT2D eigenvalue weighted by atomic mass is 32.2. The van der Waals surface area contributed by atoms with E-state index in [1.807, 2.05) is 25.9 Å². The average Bonchev–Trinajstić information content (AvgIpc) is 2.75. The van der Waals surface area contributed by atoms with Crippen LogP contribution in [0.3, 0.4) is 0 Å². The number of rotatable bonds is 5. The molecular weight excluding hydrogens is 310 g/mol. The van der Waals surface area contributed by atoms with Crippen molar-refractivity contribution < 1.29 is 14.7 Å². The van der Waals surface area contributed by atoms with Crippen LogP contribution in [0.15, 0.2) is 14.9 Å². The summed E-state index contributed by atoms with van der Waals surface area (Å²) in [7, 11) is 5.52. The zero-order chi connectivity index (χ0) is 15.7. The van der Waals surface area contributed by atoms with Gasteiger partial charge in [0.15, 0.2) is 5.70 Å². The second kappa shape index (κ2) is 6.31. The van der Waals surface area contributed by atoms with Crippen molar-refractivity contribution in [3.8, 4) is 0 Å². The van der Waals surface area contributed by atoms with Crippen molar-refractivity contribution >= 4 is 41.2 Å². The van der Waals surface area contributed by atoms with Crippen LogP contribution in [0.2, 0.25) is 0 Å². The minimum Gasteiger partial charge on any atom is -0.477 e. The van der Waals surface area contributed by atoms with Gasteiger partial charge in [0.2, 0.25) is 5.91 Å². The number of carbonyl (C=O) groups is 2. The predicted octanol–water partition coefficient (Wildman–Crippen LogP) is 1.50. The van der Waals surface area contributed by atoms with E-state index in [-0.39, 0.29) is 22.9 Å². The summed E-state index contributed by atoms with van der Waals surface area (Å²) in [6, 6.07) is 0. The molecule has 1 saturated heterocycles. The summed E-state index contributed by atoms with van der Waals surface area (Å²) in [6.07, 6.45) is 0.747. The standard InChI is InChI=1S/C13H19N3O3S2/c1-5-7-10(17)16-9(12(18)19)13(21-11(7)16)20-6-8(14-2)15(3)4/h7,11H,5-6H2,1-4H3,(H,18,19)/b14-8+/t7-,11+/m0/s1. The van der Waals surface area contributed by atoms with Crippen LogP contribution in [-0.4, -0.2) is 64.9 Å². The van der Waals surface area contributed by atoms with E-state index in [1.54, 1.807) is 7.05 Å². The van der Waals surface area contributed by atoms with Gasteiger partial charge in [0.1, 0.15) is 5.84 Å². The summed E-state index contributed by atoms with van der Waals surface area (Å²) in [4.78, 5) is 31.0. The summed E-state index contributed by atoms with van der Waals surface area (Å²) in [6.45, 7) is 1.96. The number of nitrogens with zero attached hydrogens (tertiary/aromatic N) is 3. The Bertz CT molecular complexity index is 531. The third-order valence-electron chi connectivity index (χ3n) is 3.56. The Morgan fingerprint density at radius 1 is 1.52 bits per heavy atom. The van der Waals surface area contributed by atoms with Gasteiger partial charge < -0.3 is 10.0 Å². The summed E-state index contributed by atoms with van der Waals surface area (Å²) < 4.78 is 0.708. The first kappa shape index (κ1) is 16.2. The van der Waals surface area contributed by atoms with Gasteiger partial charge in [0, 0.05) is 21.1 Å². The van der Waals surface area contributed by atoms with E-state index in [0.717, 1.165) is 12.3 Å². The maximum Gasteiger partial charge on any atom is 0.354 e. The Kier molecular flexibility index (Phi) is 4.88. The predicted molar refractivity (Wildman–Crippen MR) is 86.2 cm³/mol. The first-order valence-electron chi connectivity index (χ1n) is 6.65. The number of aliphatic imine (C=N–C) groups is 1. The number of thioether (sulfide) groups is 2. The van der Waals surface area contributed by atoms with Gasteiger partial charge in [0.25, 0.3) is 0 Å². The Hall–Kier alpha value is -1.15. The molecule has 6 nitrogen and oxygen atoms in total. The summed E-state index contributed by atoms with van der Waals surface area (Å²) in [5.74, 6) is 0.310. The largest absolute Gasteiger partial charge is 0.477 e. The van der Waals surface area contributed by atoms with Gasteiger partial charge >= 0.3 is 5.97 Å². The van der Waals surface area contributed by atoms with Gasteiger partial charge in [-0.2, -0.15) is 0 Å². The summed E-state index contributed by atoms with van der Waals surface area (Å²) in [5, 5.41) is 9.35. The molecular formula is C13H19N3O3S2. The molecule has 2 aliphatic rings. The lowest BCUT2D eigenvalue weighted by Crippen LogP contribution is -2.56. The second-order valence-corrected chi connectivity index (χ2v) is 7.37. The van der Waals surface area contributed by atoms with E-state index in [1.165, 1.54) is 28.4 Å². The van der Waals surface area contributed by atoms with Crippen molar-refractivity contribution in [2.24, 2.45) is 10.9 Å². The minimum absolute atomic E-state index is 0.0440. The summed E-state index contributed by atoms with van der Waals surface area (Å²) >= 11 is 2.93. The number of aliphatic carboxylic acids is 1. The third-order valence-corrected chi connectivity index (χ3v) is 6.25. The molecule has 0 aromatic rings. The van der Waals surface area contributed by atoms with Crippen molar-refractivity contribution in [2.75, 3.05) is 26.9 Å². The molecule has 1 amide bonds. The van der Waals surface area contributed by atoms with Crippen LogP contribution in [-0.2, 0) is 9.59 Å². The van der Waals surface area contributed by atoms with Crippen LogP contribution in [0.4, 0.5) is 0 Å². The first-order valence-corrected chi connectivity index (χ1v) is 8.51. The average molecular weight is 329 g/mol. The Labute approximate surface area is 132 Å². The zero-order valence-electron chi connectivity index (χ0n) is 12.5. The van der Waals surface area contributed by atoms with Crippen molar-refractivity contribution in [3.63, 3.8) is 0 Å². The summed E-state index contributed by atoms with van der Waals surface area (Å²) in [5.41, 5.74) is 0.138. The number of carboxylic acid groups (broad SMARTS) is 1. The molecule has 0 unspecified atom stereocenters. The molecule has 2 heterocycles. The SMILES string of the molecule is CC[C@H]1C(=O)N2C(C(=O)O)=C(SC/C(=N\C)N(C)C)S[C@H]12. The van der Waals surface area contributed by atoms with E-state index >= 15 is 0 Å². The molecule has 2 atom stereocenters. The van der Waals surface area contributed by atoms with Gasteiger partial charge in [-0.15, -0.1) is 11.8 Å². The molecule has 0 radical (unpaired) electrons. The minimum atomic E-state index is -1.03. The molecule has 2 rings (SSSR count). The maximum absolute atomic E-state index is 12.0. The molecule has 0 aromatic carbocycles. The van der Waals surface area contributed by atoms with Crippen LogP contribution in [0, 0.1) is 5.92 Å². The molecule has 1 fully saturated rings. The number of fused-ring (bicyclic) bond motifs is 1. The third kappa shape index (κ3) is 2.78. The molecule has 0 aromatic heterocycles. The molecule has 0 spiro atoms. The Morgan fingerprint density at radius 2 is 2.19 bits per heavy atom. The molecule has 1 N–H and O–H groups in total. The lowest BCUT2D eigenvalue weighted by atomic mass is 9.95. The Morgan fingerprint density at radius 3 is 2.67 bits per heavy atom. The van der Waals surface area contributed by atoms with Crippen LogP contribution in [0.5, 0.6) is 0 Å². The van der Waals surface area contributed by atoms with E-state index in [0.29, 0.717) is 9.99 Å². The quantitative estimate of drug-likeness (QED) is 0.468. The number of hydrogen-bond donors (Lipinski definition) is 1. The number of carbonyl (C=O) groups excluding carboxylic acids is 1. The molecule has 116 valence electrons. The fourth-order valence-electron chi connectivity index (χ4n) is 2.35. The van der Waals surface area contributed by atoms with Gasteiger partial charge in [-0.05, 0) is 6.42 Å². The second-order valence-electron chi connectivity index (χ2n) is 5.00. The number of hydrogen-bond acceptors (Lipinski definition) is 5. The lowest BCUT2D eigenvalue weighted by molar-refractivity contribution is -0.151. The van der Waals surface area contributed by atoms with Gasteiger partial charge in [-0.1, -0.05) is 18.7 Å². The van der Waals surface area contributed by atoms with Crippen LogP contribution < -0.4 is 0 Å². The highest BCUT2D eigenvalue weighted by Gasteiger charge is 2.55. The highest BCUT2D eigenvalue weighted by molar-refractivity contribution is 8.23. The first-order chi connectivity index (χ1) is 9.92. The van der Waals surface area contributed by atoms with Crippen molar-refractivity contribution in [3.05, 3.63) is 9.93 Å². The highest BCUT2D eigenvalue weighted by Crippen LogP contribution is 2.53. The molecule has 2 aliphatic heterocycles. The molecule has 21 heavy (non-hydrogen) atoms. The van der Waals surface area contributed by atoms with Crippen LogP contribution in [0.1, 0.15) is 13.3 Å². The Balaban J connectivity index is 2.15. The smallest absolute Gasteiger partial charge is 0.354 e. The van der Waals surface area contributed by atoms with Crippen LogP contribution in [0.25, 0.3) is 0 Å². The van der Waals surface area contributed by atoms with Gasteiger partial charge in [-0.3, -0.25) is 14.7 Å². The topological polar surface area (TPSA) is 73.2 Å². The molecule has 8 heteroatoms. The van der Waals surface area contributed by atoms with E-state index in [4.69, 9.17) is 0 Å². The van der Waals surface area contributed by atoms with Gasteiger partial charge in [0.05, 0.1) is 21.3 Å².